The normalized spacial score (nSPS) is 11.1. The van der Waals surface area contributed by atoms with Crippen LogP contribution in [0.25, 0.3) is 5.82 Å². The molecule has 0 aromatic carbocycles. The number of hydrogen-bond donors (Lipinski definition) is 1. The molecule has 0 unspecified atom stereocenters. The van der Waals surface area contributed by atoms with Gasteiger partial charge in [0.25, 0.3) is 0 Å². The van der Waals surface area contributed by atoms with E-state index in [1.165, 1.54) is 0 Å². The molecule has 2 aromatic rings. The van der Waals surface area contributed by atoms with Crippen LogP contribution >= 0.6 is 0 Å². The molecule has 2 N–H and O–H groups in total. The summed E-state index contributed by atoms with van der Waals surface area (Å²) in [6.45, 7) is 5.75. The molecule has 0 aliphatic heterocycles. The maximum atomic E-state index is 8.96. The molecule has 0 radical (unpaired) electrons. The average molecular weight is 257 g/mol. The first kappa shape index (κ1) is 12.9. The molecule has 2 heterocycles. The SMILES string of the molecule is CC(C)(C)Oc1nc(-n2ccnc2C#N)ccc1N. The summed E-state index contributed by atoms with van der Waals surface area (Å²) in [7, 11) is 0. The fourth-order valence-electron chi connectivity index (χ4n) is 1.52. The van der Waals surface area contributed by atoms with Crippen LogP contribution in [0.4, 0.5) is 5.69 Å². The maximum Gasteiger partial charge on any atom is 0.239 e. The van der Waals surface area contributed by atoms with Crippen LogP contribution < -0.4 is 10.5 Å². The summed E-state index contributed by atoms with van der Waals surface area (Å²) in [6.07, 6.45) is 3.21. The minimum absolute atomic E-state index is 0.263. The third-order valence-electron chi connectivity index (χ3n) is 2.27. The van der Waals surface area contributed by atoms with E-state index in [0.717, 1.165) is 0 Å². The van der Waals surface area contributed by atoms with E-state index in [1.807, 2.05) is 26.8 Å². The Kier molecular flexibility index (Phi) is 3.13. The van der Waals surface area contributed by atoms with Crippen molar-refractivity contribution >= 4 is 5.69 Å². The molecule has 0 spiro atoms. The van der Waals surface area contributed by atoms with Crippen molar-refractivity contribution in [2.24, 2.45) is 0 Å². The maximum absolute atomic E-state index is 8.96. The smallest absolute Gasteiger partial charge is 0.239 e. The molecular formula is C13H15N5O. The highest BCUT2D eigenvalue weighted by Gasteiger charge is 2.16. The predicted molar refractivity (Wildman–Crippen MR) is 70.9 cm³/mol. The van der Waals surface area contributed by atoms with Crippen molar-refractivity contribution in [2.75, 3.05) is 5.73 Å². The number of rotatable bonds is 2. The number of nitriles is 1. The summed E-state index contributed by atoms with van der Waals surface area (Å²) in [6, 6.07) is 5.41. The third kappa shape index (κ3) is 2.83. The van der Waals surface area contributed by atoms with Crippen molar-refractivity contribution in [3.63, 3.8) is 0 Å². The molecule has 2 aromatic heterocycles. The molecule has 0 aliphatic carbocycles. The lowest BCUT2D eigenvalue weighted by molar-refractivity contribution is 0.125. The van der Waals surface area contributed by atoms with Crippen LogP contribution in [0.2, 0.25) is 0 Å². The zero-order valence-corrected chi connectivity index (χ0v) is 11.1. The summed E-state index contributed by atoms with van der Waals surface area (Å²) in [5, 5.41) is 8.96. The van der Waals surface area contributed by atoms with Gasteiger partial charge in [0.05, 0.1) is 5.69 Å². The van der Waals surface area contributed by atoms with Gasteiger partial charge in [-0.25, -0.2) is 4.98 Å². The lowest BCUT2D eigenvalue weighted by Gasteiger charge is -2.21. The Labute approximate surface area is 111 Å². The van der Waals surface area contributed by atoms with E-state index >= 15 is 0 Å². The van der Waals surface area contributed by atoms with Crippen molar-refractivity contribution in [1.29, 1.82) is 5.26 Å². The standard InChI is InChI=1S/C13H15N5O/c1-13(2,3)19-12-9(15)4-5-10(17-12)18-7-6-16-11(18)8-14/h4-7H,15H2,1-3H3. The van der Waals surface area contributed by atoms with Crippen molar-refractivity contribution in [3.05, 3.63) is 30.4 Å². The number of nitrogen functional groups attached to an aromatic ring is 1. The van der Waals surface area contributed by atoms with E-state index in [4.69, 9.17) is 15.7 Å². The first-order valence-electron chi connectivity index (χ1n) is 5.80. The van der Waals surface area contributed by atoms with Crippen LogP contribution in [-0.4, -0.2) is 20.1 Å². The Morgan fingerprint density at radius 3 is 2.74 bits per heavy atom. The fourth-order valence-corrected chi connectivity index (χ4v) is 1.52. The van der Waals surface area contributed by atoms with Crippen molar-refractivity contribution in [2.45, 2.75) is 26.4 Å². The summed E-state index contributed by atoms with van der Waals surface area (Å²) in [5.74, 6) is 1.16. The third-order valence-corrected chi connectivity index (χ3v) is 2.27. The summed E-state index contributed by atoms with van der Waals surface area (Å²) < 4.78 is 7.27. The van der Waals surface area contributed by atoms with Gasteiger partial charge >= 0.3 is 0 Å². The first-order valence-corrected chi connectivity index (χ1v) is 5.80. The van der Waals surface area contributed by atoms with Gasteiger partial charge in [-0.15, -0.1) is 0 Å². The van der Waals surface area contributed by atoms with E-state index in [0.29, 0.717) is 17.4 Å². The van der Waals surface area contributed by atoms with Crippen LogP contribution in [0.15, 0.2) is 24.5 Å². The Morgan fingerprint density at radius 1 is 1.37 bits per heavy atom. The molecule has 0 saturated carbocycles. The van der Waals surface area contributed by atoms with Crippen LogP contribution in [0, 0.1) is 11.3 Å². The number of imidazole rings is 1. The molecule has 0 amide bonds. The number of ether oxygens (including phenoxy) is 1. The van der Waals surface area contributed by atoms with Crippen molar-refractivity contribution < 1.29 is 4.74 Å². The Morgan fingerprint density at radius 2 is 2.11 bits per heavy atom. The van der Waals surface area contributed by atoms with Crippen LogP contribution in [0.3, 0.4) is 0 Å². The van der Waals surface area contributed by atoms with Crippen LogP contribution in [0.5, 0.6) is 5.88 Å². The molecular weight excluding hydrogens is 242 g/mol. The minimum atomic E-state index is -0.396. The molecule has 0 atom stereocenters. The average Bonchev–Trinajstić information content (AvgIpc) is 2.78. The number of anilines is 1. The molecule has 0 aliphatic rings. The number of pyridine rings is 1. The predicted octanol–water partition coefficient (Wildman–Crippen LogP) is 1.90. The summed E-state index contributed by atoms with van der Waals surface area (Å²) in [4.78, 5) is 8.26. The van der Waals surface area contributed by atoms with Crippen LogP contribution in [0.1, 0.15) is 26.6 Å². The lowest BCUT2D eigenvalue weighted by Crippen LogP contribution is -2.24. The van der Waals surface area contributed by atoms with E-state index in [2.05, 4.69) is 9.97 Å². The molecule has 0 fully saturated rings. The molecule has 6 heteroatoms. The number of hydrogen-bond acceptors (Lipinski definition) is 5. The summed E-state index contributed by atoms with van der Waals surface area (Å²) >= 11 is 0. The zero-order valence-electron chi connectivity index (χ0n) is 11.1. The van der Waals surface area contributed by atoms with Gasteiger partial charge in [-0.05, 0) is 32.9 Å². The lowest BCUT2D eigenvalue weighted by atomic mass is 10.2. The quantitative estimate of drug-likeness (QED) is 0.887. The second kappa shape index (κ2) is 4.61. The topological polar surface area (TPSA) is 89.8 Å². The highest BCUT2D eigenvalue weighted by Crippen LogP contribution is 2.24. The Balaban J connectivity index is 2.45. The molecule has 0 bridgehead atoms. The van der Waals surface area contributed by atoms with Gasteiger partial charge in [0.1, 0.15) is 17.5 Å². The molecule has 19 heavy (non-hydrogen) atoms. The summed E-state index contributed by atoms with van der Waals surface area (Å²) in [5.41, 5.74) is 5.90. The van der Waals surface area contributed by atoms with Gasteiger partial charge in [0.15, 0.2) is 0 Å². The molecule has 2 rings (SSSR count). The van der Waals surface area contributed by atoms with Gasteiger partial charge in [-0.2, -0.15) is 10.2 Å². The highest BCUT2D eigenvalue weighted by atomic mass is 16.5. The monoisotopic (exact) mass is 257 g/mol. The van der Waals surface area contributed by atoms with Gasteiger partial charge in [-0.1, -0.05) is 0 Å². The second-order valence-electron chi connectivity index (χ2n) is 5.01. The van der Waals surface area contributed by atoms with Crippen molar-refractivity contribution in [1.82, 2.24) is 14.5 Å². The molecule has 6 nitrogen and oxygen atoms in total. The van der Waals surface area contributed by atoms with Gasteiger partial charge in [-0.3, -0.25) is 4.57 Å². The number of nitrogens with two attached hydrogens (primary N) is 1. The second-order valence-corrected chi connectivity index (χ2v) is 5.01. The molecule has 0 saturated heterocycles. The minimum Gasteiger partial charge on any atom is -0.470 e. The highest BCUT2D eigenvalue weighted by molar-refractivity contribution is 5.51. The van der Waals surface area contributed by atoms with Crippen LogP contribution in [-0.2, 0) is 0 Å². The Hall–Kier alpha value is -2.55. The van der Waals surface area contributed by atoms with Gasteiger partial charge in [0, 0.05) is 12.4 Å². The largest absolute Gasteiger partial charge is 0.470 e. The van der Waals surface area contributed by atoms with Gasteiger partial charge < -0.3 is 10.5 Å². The van der Waals surface area contributed by atoms with E-state index in [9.17, 15) is 0 Å². The number of aromatic nitrogens is 3. The molecule has 98 valence electrons. The van der Waals surface area contributed by atoms with E-state index in [1.54, 1.807) is 29.1 Å². The van der Waals surface area contributed by atoms with Crippen molar-refractivity contribution in [3.8, 4) is 17.8 Å². The number of nitrogens with zero attached hydrogens (tertiary/aromatic N) is 4. The zero-order chi connectivity index (χ0) is 14.0. The first-order chi connectivity index (χ1) is 8.90. The Bertz CT molecular complexity index is 633. The van der Waals surface area contributed by atoms with E-state index in [-0.39, 0.29) is 5.82 Å². The van der Waals surface area contributed by atoms with E-state index < -0.39 is 5.60 Å². The fraction of sp³-hybridized carbons (Fsp3) is 0.308. The van der Waals surface area contributed by atoms with Gasteiger partial charge in [0.2, 0.25) is 11.7 Å².